The van der Waals surface area contributed by atoms with Crippen LogP contribution in [0, 0.1) is 12.8 Å². The molecule has 172 valence electrons. The highest BCUT2D eigenvalue weighted by atomic mass is 32.2. The summed E-state index contributed by atoms with van der Waals surface area (Å²) in [6.45, 7) is 11.4. The van der Waals surface area contributed by atoms with Gasteiger partial charge in [-0.05, 0) is 82.3 Å². The van der Waals surface area contributed by atoms with Crippen LogP contribution in [0.25, 0.3) is 22.8 Å². The zero-order valence-electron chi connectivity index (χ0n) is 20.5. The molecule has 1 aliphatic heterocycles. The molecule has 1 N–H and O–H groups in total. The molecule has 4 rings (SSSR count). The van der Waals surface area contributed by atoms with Gasteiger partial charge < -0.3 is 10.2 Å². The number of aryl methyl sites for hydroxylation is 1. The number of rotatable bonds is 4. The predicted molar refractivity (Wildman–Crippen MR) is 148 cm³/mol. The molecule has 3 nitrogen and oxygen atoms in total. The van der Waals surface area contributed by atoms with E-state index in [1.165, 1.54) is 45.2 Å². The second-order valence-electron chi connectivity index (χ2n) is 10.1. The smallest absolute Gasteiger partial charge is 0.263 e. The third kappa shape index (κ3) is 4.53. The largest absolute Gasteiger partial charge is 0.377 e. The van der Waals surface area contributed by atoms with Gasteiger partial charge in [0.1, 0.15) is 4.32 Å². The Hall–Kier alpha value is -2.37. The molecular formula is C28H32N2OS2. The van der Waals surface area contributed by atoms with Gasteiger partial charge in [0, 0.05) is 25.3 Å². The Morgan fingerprint density at radius 2 is 1.85 bits per heavy atom. The summed E-state index contributed by atoms with van der Waals surface area (Å²) in [6, 6.07) is 11.2. The van der Waals surface area contributed by atoms with Gasteiger partial charge in [0.15, 0.2) is 0 Å². The lowest BCUT2D eigenvalue weighted by Gasteiger charge is -2.34. The number of carbonyl (C=O) groups excluding carboxylic acids is 1. The summed E-state index contributed by atoms with van der Waals surface area (Å²) in [6.07, 6.45) is 5.43. The van der Waals surface area contributed by atoms with Gasteiger partial charge in [0.05, 0.1) is 4.91 Å². The number of anilines is 1. The van der Waals surface area contributed by atoms with Crippen molar-refractivity contribution in [2.45, 2.75) is 46.5 Å². The SMILES string of the molecule is Cc1cc2c(cc1-c1cc(/C=C3/SC(=S)NC3=O)ccc1N(C)C)C(C(C)C)=CCC2(C)C. The lowest BCUT2D eigenvalue weighted by Crippen LogP contribution is -2.23. The fourth-order valence-electron chi connectivity index (χ4n) is 4.75. The molecule has 0 radical (unpaired) electrons. The van der Waals surface area contributed by atoms with Crippen LogP contribution < -0.4 is 10.2 Å². The number of hydrogen-bond acceptors (Lipinski definition) is 4. The third-order valence-electron chi connectivity index (χ3n) is 6.59. The number of nitrogens with one attached hydrogen (secondary N) is 1. The van der Waals surface area contributed by atoms with E-state index in [0.29, 0.717) is 15.1 Å². The molecule has 0 unspecified atom stereocenters. The molecule has 1 saturated heterocycles. The molecule has 0 aromatic heterocycles. The minimum absolute atomic E-state index is 0.123. The van der Waals surface area contributed by atoms with E-state index in [1.807, 2.05) is 6.08 Å². The maximum absolute atomic E-state index is 12.2. The topological polar surface area (TPSA) is 32.3 Å². The van der Waals surface area contributed by atoms with Gasteiger partial charge in [-0.15, -0.1) is 0 Å². The Morgan fingerprint density at radius 1 is 1.12 bits per heavy atom. The minimum Gasteiger partial charge on any atom is -0.377 e. The minimum atomic E-state index is -0.123. The van der Waals surface area contributed by atoms with E-state index in [0.717, 1.165) is 17.7 Å². The molecule has 0 bridgehead atoms. The first-order valence-corrected chi connectivity index (χ1v) is 12.6. The summed E-state index contributed by atoms with van der Waals surface area (Å²) in [5.74, 6) is 0.351. The van der Waals surface area contributed by atoms with Crippen LogP contribution in [0.15, 0.2) is 41.3 Å². The van der Waals surface area contributed by atoms with Crippen LogP contribution in [0.5, 0.6) is 0 Å². The Balaban J connectivity index is 1.91. The number of fused-ring (bicyclic) bond motifs is 1. The predicted octanol–water partition coefficient (Wildman–Crippen LogP) is 6.94. The summed E-state index contributed by atoms with van der Waals surface area (Å²) >= 11 is 6.47. The molecule has 2 aliphatic rings. The quantitative estimate of drug-likeness (QED) is 0.383. The van der Waals surface area contributed by atoms with Gasteiger partial charge in [-0.25, -0.2) is 0 Å². The number of nitrogens with zero attached hydrogens (tertiary/aromatic N) is 1. The molecule has 0 saturated carbocycles. The molecule has 0 spiro atoms. The van der Waals surface area contributed by atoms with Crippen molar-refractivity contribution in [2.24, 2.45) is 5.92 Å². The van der Waals surface area contributed by atoms with Gasteiger partial charge in [0.25, 0.3) is 5.91 Å². The molecule has 0 atom stereocenters. The number of amides is 1. The monoisotopic (exact) mass is 476 g/mol. The maximum Gasteiger partial charge on any atom is 0.263 e. The number of hydrogen-bond donors (Lipinski definition) is 1. The maximum atomic E-state index is 12.2. The van der Waals surface area contributed by atoms with E-state index in [1.54, 1.807) is 0 Å². The lowest BCUT2D eigenvalue weighted by atomic mass is 9.70. The normalized spacial score (nSPS) is 18.4. The first-order chi connectivity index (χ1) is 15.5. The van der Waals surface area contributed by atoms with Gasteiger partial charge in [-0.1, -0.05) is 69.9 Å². The van der Waals surface area contributed by atoms with Crippen molar-refractivity contribution in [3.05, 3.63) is 63.6 Å². The standard InChI is InChI=1S/C28H32N2OS2/c1-16(2)19-10-11-28(4,5)23-12-17(3)20(15-21(19)23)22-13-18(8-9-24(22)30(6)7)14-25-26(31)29-27(32)33-25/h8-10,12-16H,11H2,1-7H3,(H,29,31,32)/b25-14+. The van der Waals surface area contributed by atoms with Crippen LogP contribution in [0.3, 0.4) is 0 Å². The van der Waals surface area contributed by atoms with Gasteiger partial charge in [0.2, 0.25) is 0 Å². The van der Waals surface area contributed by atoms with Crippen LogP contribution in [0.1, 0.15) is 56.4 Å². The summed E-state index contributed by atoms with van der Waals surface area (Å²) < 4.78 is 0.512. The average molecular weight is 477 g/mol. The summed E-state index contributed by atoms with van der Waals surface area (Å²) in [5, 5.41) is 2.70. The zero-order chi connectivity index (χ0) is 24.1. The number of thioether (sulfide) groups is 1. The van der Waals surface area contributed by atoms with Crippen molar-refractivity contribution in [1.82, 2.24) is 5.32 Å². The molecule has 33 heavy (non-hydrogen) atoms. The first kappa shape index (κ1) is 23.8. The number of thiocarbonyl (C=S) groups is 1. The van der Waals surface area contributed by atoms with Crippen molar-refractivity contribution >= 4 is 51.5 Å². The summed E-state index contributed by atoms with van der Waals surface area (Å²) in [7, 11) is 4.15. The molecule has 1 fully saturated rings. The Labute approximate surface area is 207 Å². The zero-order valence-corrected chi connectivity index (χ0v) is 22.1. The van der Waals surface area contributed by atoms with Crippen molar-refractivity contribution in [2.75, 3.05) is 19.0 Å². The number of allylic oxidation sites excluding steroid dienone is 2. The van der Waals surface area contributed by atoms with Crippen LogP contribution in [-0.4, -0.2) is 24.3 Å². The van der Waals surface area contributed by atoms with E-state index in [2.05, 4.69) is 95.3 Å². The number of carbonyl (C=O) groups is 1. The first-order valence-electron chi connectivity index (χ1n) is 11.4. The summed E-state index contributed by atoms with van der Waals surface area (Å²) in [4.78, 5) is 15.0. The third-order valence-corrected chi connectivity index (χ3v) is 7.75. The van der Waals surface area contributed by atoms with Crippen LogP contribution in [0.2, 0.25) is 0 Å². The van der Waals surface area contributed by atoms with Crippen molar-refractivity contribution in [1.29, 1.82) is 0 Å². The van der Waals surface area contributed by atoms with E-state index in [9.17, 15) is 4.79 Å². The highest BCUT2D eigenvalue weighted by Crippen LogP contribution is 2.45. The second kappa shape index (κ2) is 8.77. The second-order valence-corrected chi connectivity index (χ2v) is 11.9. The molecule has 2 aromatic rings. The fourth-order valence-corrected chi connectivity index (χ4v) is 5.79. The highest BCUT2D eigenvalue weighted by Gasteiger charge is 2.30. The van der Waals surface area contributed by atoms with Crippen molar-refractivity contribution < 1.29 is 4.79 Å². The van der Waals surface area contributed by atoms with Crippen molar-refractivity contribution in [3.63, 3.8) is 0 Å². The number of benzene rings is 2. The van der Waals surface area contributed by atoms with Gasteiger partial charge >= 0.3 is 0 Å². The Morgan fingerprint density at radius 3 is 2.45 bits per heavy atom. The van der Waals surface area contributed by atoms with Crippen LogP contribution in [0.4, 0.5) is 5.69 Å². The van der Waals surface area contributed by atoms with Crippen LogP contribution in [-0.2, 0) is 10.2 Å². The van der Waals surface area contributed by atoms with Gasteiger partial charge in [-0.3, -0.25) is 4.79 Å². The van der Waals surface area contributed by atoms with Crippen molar-refractivity contribution in [3.8, 4) is 11.1 Å². The molecule has 1 heterocycles. The molecule has 1 amide bonds. The van der Waals surface area contributed by atoms with Crippen LogP contribution >= 0.6 is 24.0 Å². The molecule has 5 heteroatoms. The van der Waals surface area contributed by atoms with E-state index < -0.39 is 0 Å². The Bertz CT molecular complexity index is 1220. The lowest BCUT2D eigenvalue weighted by molar-refractivity contribution is -0.115. The van der Waals surface area contributed by atoms with E-state index in [4.69, 9.17) is 12.2 Å². The fraction of sp³-hybridized carbons (Fsp3) is 0.357. The van der Waals surface area contributed by atoms with Gasteiger partial charge in [-0.2, -0.15) is 0 Å². The average Bonchev–Trinajstić information content (AvgIpc) is 3.04. The van der Waals surface area contributed by atoms with E-state index in [-0.39, 0.29) is 11.3 Å². The molecule has 2 aromatic carbocycles. The molecular weight excluding hydrogens is 444 g/mol. The summed E-state index contributed by atoms with van der Waals surface area (Å²) in [5.41, 5.74) is 10.2. The molecule has 1 aliphatic carbocycles. The van der Waals surface area contributed by atoms with E-state index >= 15 is 0 Å². The highest BCUT2D eigenvalue weighted by molar-refractivity contribution is 8.26. The Kier molecular flexibility index (Phi) is 6.32.